The highest BCUT2D eigenvalue weighted by atomic mass is 32.1. The molecule has 0 aliphatic heterocycles. The summed E-state index contributed by atoms with van der Waals surface area (Å²) >= 11 is 1.72. The number of nitrogens with zero attached hydrogens (tertiary/aromatic N) is 2. The standard InChI is InChI=1S/C19H24N2OS/c1-3-12-20(15-18-11-8-13-23-18)16-19(22)21(4-2)14-17-9-6-5-7-10-17/h3,5-11,13H,1,4,12,14-16H2,2H3. The van der Waals surface area contributed by atoms with E-state index in [-0.39, 0.29) is 5.91 Å². The average molecular weight is 328 g/mol. The van der Waals surface area contributed by atoms with Crippen molar-refractivity contribution in [2.24, 2.45) is 0 Å². The van der Waals surface area contributed by atoms with Crippen LogP contribution >= 0.6 is 11.3 Å². The van der Waals surface area contributed by atoms with Gasteiger partial charge in [-0.3, -0.25) is 9.69 Å². The molecule has 0 fully saturated rings. The third kappa shape index (κ3) is 5.66. The largest absolute Gasteiger partial charge is 0.338 e. The molecule has 0 bridgehead atoms. The summed E-state index contributed by atoms with van der Waals surface area (Å²) in [5, 5.41) is 2.07. The van der Waals surface area contributed by atoms with Crippen molar-refractivity contribution in [2.75, 3.05) is 19.6 Å². The second-order valence-electron chi connectivity index (χ2n) is 5.43. The molecule has 23 heavy (non-hydrogen) atoms. The number of amides is 1. The lowest BCUT2D eigenvalue weighted by Crippen LogP contribution is -2.39. The van der Waals surface area contributed by atoms with Crippen LogP contribution in [0.15, 0.2) is 60.5 Å². The van der Waals surface area contributed by atoms with Gasteiger partial charge in [0.1, 0.15) is 0 Å². The summed E-state index contributed by atoms with van der Waals surface area (Å²) in [5.74, 6) is 0.162. The molecule has 0 radical (unpaired) electrons. The minimum atomic E-state index is 0.162. The van der Waals surface area contributed by atoms with Crippen molar-refractivity contribution in [3.63, 3.8) is 0 Å². The highest BCUT2D eigenvalue weighted by Crippen LogP contribution is 2.12. The number of benzene rings is 1. The maximum absolute atomic E-state index is 12.6. The van der Waals surface area contributed by atoms with Gasteiger partial charge >= 0.3 is 0 Å². The Morgan fingerprint density at radius 3 is 2.57 bits per heavy atom. The molecule has 0 aliphatic rings. The van der Waals surface area contributed by atoms with Gasteiger partial charge in [0.25, 0.3) is 0 Å². The maximum Gasteiger partial charge on any atom is 0.237 e. The number of likely N-dealkylation sites (N-methyl/N-ethyl adjacent to an activating group) is 1. The number of hydrogen-bond acceptors (Lipinski definition) is 3. The van der Waals surface area contributed by atoms with Crippen LogP contribution in [-0.4, -0.2) is 35.3 Å². The Morgan fingerprint density at radius 1 is 1.17 bits per heavy atom. The fourth-order valence-corrected chi connectivity index (χ4v) is 3.21. The van der Waals surface area contributed by atoms with E-state index in [0.29, 0.717) is 26.2 Å². The summed E-state index contributed by atoms with van der Waals surface area (Å²) in [4.78, 5) is 18.0. The van der Waals surface area contributed by atoms with Gasteiger partial charge in [0.2, 0.25) is 5.91 Å². The molecule has 0 spiro atoms. The van der Waals surface area contributed by atoms with Gasteiger partial charge in [0.05, 0.1) is 6.54 Å². The third-order valence-electron chi connectivity index (χ3n) is 3.66. The van der Waals surface area contributed by atoms with E-state index >= 15 is 0 Å². The van der Waals surface area contributed by atoms with Gasteiger partial charge in [-0.1, -0.05) is 42.5 Å². The SMILES string of the molecule is C=CCN(CC(=O)N(CC)Cc1ccccc1)Cc1cccs1. The van der Waals surface area contributed by atoms with Crippen LogP contribution in [0, 0.1) is 0 Å². The van der Waals surface area contributed by atoms with Crippen molar-refractivity contribution in [3.05, 3.63) is 70.9 Å². The van der Waals surface area contributed by atoms with E-state index in [1.807, 2.05) is 42.2 Å². The van der Waals surface area contributed by atoms with Gasteiger partial charge in [-0.25, -0.2) is 0 Å². The van der Waals surface area contributed by atoms with Crippen molar-refractivity contribution < 1.29 is 4.79 Å². The van der Waals surface area contributed by atoms with E-state index in [1.165, 1.54) is 4.88 Å². The molecule has 0 atom stereocenters. The molecule has 0 unspecified atom stereocenters. The van der Waals surface area contributed by atoms with Crippen LogP contribution in [-0.2, 0) is 17.9 Å². The summed E-state index contributed by atoms with van der Waals surface area (Å²) in [7, 11) is 0. The van der Waals surface area contributed by atoms with E-state index in [1.54, 1.807) is 11.3 Å². The molecular weight excluding hydrogens is 304 g/mol. The quantitative estimate of drug-likeness (QED) is 0.654. The van der Waals surface area contributed by atoms with Crippen molar-refractivity contribution in [2.45, 2.75) is 20.0 Å². The molecule has 1 heterocycles. The predicted octanol–water partition coefficient (Wildman–Crippen LogP) is 3.78. The fourth-order valence-electron chi connectivity index (χ4n) is 2.46. The maximum atomic E-state index is 12.6. The molecule has 122 valence electrons. The van der Waals surface area contributed by atoms with Crippen LogP contribution in [0.2, 0.25) is 0 Å². The normalized spacial score (nSPS) is 10.7. The molecule has 0 saturated carbocycles. The fraction of sp³-hybridized carbons (Fsp3) is 0.316. The first-order valence-electron chi connectivity index (χ1n) is 7.90. The molecule has 1 aromatic heterocycles. The first-order valence-corrected chi connectivity index (χ1v) is 8.78. The van der Waals surface area contributed by atoms with Crippen molar-refractivity contribution in [3.8, 4) is 0 Å². The Labute approximate surface area is 142 Å². The summed E-state index contributed by atoms with van der Waals surface area (Å²) in [5.41, 5.74) is 1.16. The second-order valence-corrected chi connectivity index (χ2v) is 6.46. The van der Waals surface area contributed by atoms with E-state index in [0.717, 1.165) is 12.1 Å². The molecule has 3 nitrogen and oxygen atoms in total. The minimum absolute atomic E-state index is 0.162. The molecule has 0 saturated heterocycles. The molecule has 2 aromatic rings. The van der Waals surface area contributed by atoms with Gasteiger partial charge in [0, 0.05) is 31.1 Å². The second kappa shape index (κ2) is 9.28. The zero-order valence-electron chi connectivity index (χ0n) is 13.6. The Balaban J connectivity index is 1.96. The Morgan fingerprint density at radius 2 is 1.96 bits per heavy atom. The number of carbonyl (C=O) groups is 1. The predicted molar refractivity (Wildman–Crippen MR) is 97.3 cm³/mol. The number of hydrogen-bond donors (Lipinski definition) is 0. The Hall–Kier alpha value is -1.91. The average Bonchev–Trinajstić information content (AvgIpc) is 3.06. The monoisotopic (exact) mass is 328 g/mol. The summed E-state index contributed by atoms with van der Waals surface area (Å²) in [6.45, 7) is 9.14. The Bertz CT molecular complexity index is 595. The van der Waals surface area contributed by atoms with Gasteiger partial charge in [0.15, 0.2) is 0 Å². The van der Waals surface area contributed by atoms with Gasteiger partial charge in [-0.15, -0.1) is 17.9 Å². The molecule has 1 amide bonds. The van der Waals surface area contributed by atoms with Crippen LogP contribution in [0.1, 0.15) is 17.4 Å². The highest BCUT2D eigenvalue weighted by molar-refractivity contribution is 7.09. The van der Waals surface area contributed by atoms with E-state index < -0.39 is 0 Å². The van der Waals surface area contributed by atoms with Crippen molar-refractivity contribution in [1.82, 2.24) is 9.80 Å². The minimum Gasteiger partial charge on any atom is -0.338 e. The van der Waals surface area contributed by atoms with Crippen LogP contribution in [0.5, 0.6) is 0 Å². The smallest absolute Gasteiger partial charge is 0.237 e. The molecule has 0 N–H and O–H groups in total. The molecule has 4 heteroatoms. The number of thiophene rings is 1. The molecular formula is C19H24N2OS. The summed E-state index contributed by atoms with van der Waals surface area (Å²) in [6, 6.07) is 14.3. The number of rotatable bonds is 9. The Kier molecular flexibility index (Phi) is 7.04. The molecule has 0 aliphatic carbocycles. The number of carbonyl (C=O) groups excluding carboxylic acids is 1. The highest BCUT2D eigenvalue weighted by Gasteiger charge is 2.16. The lowest BCUT2D eigenvalue weighted by Gasteiger charge is -2.26. The summed E-state index contributed by atoms with van der Waals surface area (Å²) in [6.07, 6.45) is 1.86. The van der Waals surface area contributed by atoms with Crippen molar-refractivity contribution in [1.29, 1.82) is 0 Å². The first-order chi connectivity index (χ1) is 11.2. The van der Waals surface area contributed by atoms with Crippen LogP contribution < -0.4 is 0 Å². The third-order valence-corrected chi connectivity index (χ3v) is 4.52. The van der Waals surface area contributed by atoms with Crippen molar-refractivity contribution >= 4 is 17.2 Å². The zero-order valence-corrected chi connectivity index (χ0v) is 14.5. The van der Waals surface area contributed by atoms with E-state index in [9.17, 15) is 4.79 Å². The van der Waals surface area contributed by atoms with Crippen LogP contribution in [0.25, 0.3) is 0 Å². The topological polar surface area (TPSA) is 23.6 Å². The van der Waals surface area contributed by atoms with Crippen LogP contribution in [0.3, 0.4) is 0 Å². The lowest BCUT2D eigenvalue weighted by atomic mass is 10.2. The summed E-state index contributed by atoms with van der Waals surface area (Å²) < 4.78 is 0. The van der Waals surface area contributed by atoms with Gasteiger partial charge < -0.3 is 4.90 Å². The van der Waals surface area contributed by atoms with E-state index in [2.05, 4.69) is 35.1 Å². The zero-order chi connectivity index (χ0) is 16.5. The molecule has 1 aromatic carbocycles. The van der Waals surface area contributed by atoms with Gasteiger partial charge in [-0.2, -0.15) is 0 Å². The first kappa shape index (κ1) is 17.4. The van der Waals surface area contributed by atoms with Gasteiger partial charge in [-0.05, 0) is 23.9 Å². The van der Waals surface area contributed by atoms with Crippen LogP contribution in [0.4, 0.5) is 0 Å². The lowest BCUT2D eigenvalue weighted by molar-refractivity contribution is -0.132. The molecule has 2 rings (SSSR count). The van der Waals surface area contributed by atoms with E-state index in [4.69, 9.17) is 0 Å².